The second-order valence-corrected chi connectivity index (χ2v) is 5.72. The van der Waals surface area contributed by atoms with E-state index in [1.165, 1.54) is 0 Å². The summed E-state index contributed by atoms with van der Waals surface area (Å²) < 4.78 is 5.11. The van der Waals surface area contributed by atoms with Crippen LogP contribution in [0, 0.1) is 0 Å². The smallest absolute Gasteiger partial charge is 0.319 e. The zero-order valence-corrected chi connectivity index (χ0v) is 12.5. The van der Waals surface area contributed by atoms with Crippen LogP contribution >= 0.6 is 31.9 Å². The van der Waals surface area contributed by atoms with Crippen LogP contribution in [0.25, 0.3) is 0 Å². The number of halogens is 2. The summed E-state index contributed by atoms with van der Waals surface area (Å²) >= 11 is 6.20. The van der Waals surface area contributed by atoms with Crippen LogP contribution in [0.1, 0.15) is 33.1 Å². The van der Waals surface area contributed by atoms with E-state index in [0.29, 0.717) is 12.8 Å². The summed E-state index contributed by atoms with van der Waals surface area (Å²) in [7, 11) is 0. The van der Waals surface area contributed by atoms with Gasteiger partial charge in [-0.25, -0.2) is 0 Å². The van der Waals surface area contributed by atoms with Gasteiger partial charge < -0.3 is 9.84 Å². The third-order valence-electron chi connectivity index (χ3n) is 2.09. The number of ether oxygens (including phenoxy) is 1. The Labute approximate surface area is 112 Å². The van der Waals surface area contributed by atoms with Crippen molar-refractivity contribution in [2.24, 2.45) is 0 Å². The van der Waals surface area contributed by atoms with Crippen LogP contribution in [0.15, 0.2) is 0 Å². The lowest BCUT2D eigenvalue weighted by molar-refractivity contribution is -0.147. The van der Waals surface area contributed by atoms with Crippen LogP contribution < -0.4 is 0 Å². The lowest BCUT2D eigenvalue weighted by Gasteiger charge is -2.14. The highest BCUT2D eigenvalue weighted by atomic mass is 79.9. The van der Waals surface area contributed by atoms with Gasteiger partial charge in [0.05, 0.1) is 6.10 Å². The van der Waals surface area contributed by atoms with Gasteiger partial charge in [-0.1, -0.05) is 38.8 Å². The largest absolute Gasteiger partial charge is 0.480 e. The predicted octanol–water partition coefficient (Wildman–Crippen LogP) is 2.72. The Morgan fingerprint density at radius 3 is 2.19 bits per heavy atom. The number of esters is 1. The summed E-state index contributed by atoms with van der Waals surface area (Å²) in [4.78, 5) is 20.9. The number of rotatable bonds is 7. The van der Waals surface area contributed by atoms with E-state index in [9.17, 15) is 9.59 Å². The summed E-state index contributed by atoms with van der Waals surface area (Å²) in [5, 5.41) is 8.64. The fraction of sp³-hybridized carbons (Fsp3) is 0.800. The van der Waals surface area contributed by atoms with Crippen LogP contribution in [-0.2, 0) is 14.3 Å². The van der Waals surface area contributed by atoms with Crippen molar-refractivity contribution < 1.29 is 19.4 Å². The van der Waals surface area contributed by atoms with E-state index < -0.39 is 15.6 Å². The molecule has 3 atom stereocenters. The van der Waals surface area contributed by atoms with Gasteiger partial charge in [-0.3, -0.25) is 9.59 Å². The monoisotopic (exact) mass is 358 g/mol. The minimum Gasteiger partial charge on any atom is -0.480 e. The number of hydrogen-bond acceptors (Lipinski definition) is 3. The van der Waals surface area contributed by atoms with Crippen molar-refractivity contribution in [3.05, 3.63) is 0 Å². The lowest BCUT2D eigenvalue weighted by Crippen LogP contribution is -2.24. The van der Waals surface area contributed by atoms with Crippen LogP contribution in [-0.4, -0.2) is 32.8 Å². The Morgan fingerprint density at radius 1 is 1.25 bits per heavy atom. The molecular weight excluding hydrogens is 344 g/mol. The van der Waals surface area contributed by atoms with Crippen molar-refractivity contribution in [2.75, 3.05) is 0 Å². The molecule has 0 aromatic carbocycles. The molecule has 4 nitrogen and oxygen atoms in total. The molecule has 3 unspecified atom stereocenters. The Hall–Kier alpha value is -0.100. The van der Waals surface area contributed by atoms with E-state index in [2.05, 4.69) is 31.9 Å². The molecule has 0 fully saturated rings. The molecule has 0 saturated carbocycles. The number of aliphatic carboxylic acids is 1. The average molecular weight is 360 g/mol. The fourth-order valence-electron chi connectivity index (χ4n) is 0.889. The molecule has 1 N–H and O–H groups in total. The highest BCUT2D eigenvalue weighted by Gasteiger charge is 2.21. The minimum absolute atomic E-state index is 0.105. The normalized spacial score (nSPS) is 16.2. The SMILES string of the molecule is CCC(C)OC(=O)C(Br)CCC(Br)C(=O)O. The average Bonchev–Trinajstić information content (AvgIpc) is 2.24. The number of carbonyl (C=O) groups is 2. The quantitative estimate of drug-likeness (QED) is 0.560. The van der Waals surface area contributed by atoms with Gasteiger partial charge in [-0.05, 0) is 26.2 Å². The van der Waals surface area contributed by atoms with Crippen molar-refractivity contribution >= 4 is 43.8 Å². The van der Waals surface area contributed by atoms with E-state index in [4.69, 9.17) is 9.84 Å². The first-order valence-corrected chi connectivity index (χ1v) is 6.93. The molecule has 0 aliphatic carbocycles. The summed E-state index contributed by atoms with van der Waals surface area (Å²) in [5.41, 5.74) is 0. The Bertz CT molecular complexity index is 245. The van der Waals surface area contributed by atoms with E-state index in [1.54, 1.807) is 0 Å². The van der Waals surface area contributed by atoms with E-state index in [0.717, 1.165) is 6.42 Å². The molecule has 0 heterocycles. The van der Waals surface area contributed by atoms with Gasteiger partial charge in [0.1, 0.15) is 9.65 Å². The molecule has 0 saturated heterocycles. The van der Waals surface area contributed by atoms with Crippen molar-refractivity contribution in [3.63, 3.8) is 0 Å². The first-order chi connectivity index (χ1) is 7.38. The molecule has 0 bridgehead atoms. The van der Waals surface area contributed by atoms with Crippen LogP contribution in [0.3, 0.4) is 0 Å². The number of carbonyl (C=O) groups excluding carboxylic acids is 1. The number of carboxylic acid groups (broad SMARTS) is 1. The maximum absolute atomic E-state index is 11.5. The molecule has 0 radical (unpaired) electrons. The van der Waals surface area contributed by atoms with Crippen molar-refractivity contribution in [1.29, 1.82) is 0 Å². The Morgan fingerprint density at radius 2 is 1.75 bits per heavy atom. The third-order valence-corrected chi connectivity index (χ3v) is 3.77. The first kappa shape index (κ1) is 15.9. The Balaban J connectivity index is 3.92. The second-order valence-electron chi connectivity index (χ2n) is 3.51. The summed E-state index contributed by atoms with van der Waals surface area (Å²) in [6, 6.07) is 0. The first-order valence-electron chi connectivity index (χ1n) is 5.09. The maximum Gasteiger partial charge on any atom is 0.319 e. The van der Waals surface area contributed by atoms with E-state index in [-0.39, 0.29) is 12.1 Å². The van der Waals surface area contributed by atoms with Gasteiger partial charge in [0.15, 0.2) is 0 Å². The van der Waals surface area contributed by atoms with Gasteiger partial charge in [0, 0.05) is 0 Å². The number of alkyl halides is 2. The van der Waals surface area contributed by atoms with E-state index >= 15 is 0 Å². The van der Waals surface area contributed by atoms with Crippen molar-refractivity contribution in [3.8, 4) is 0 Å². The van der Waals surface area contributed by atoms with Crippen LogP contribution in [0.5, 0.6) is 0 Å². The van der Waals surface area contributed by atoms with Gasteiger partial charge >= 0.3 is 11.9 Å². The molecule has 0 aliphatic rings. The maximum atomic E-state index is 11.5. The van der Waals surface area contributed by atoms with Crippen molar-refractivity contribution in [2.45, 2.75) is 48.9 Å². The molecule has 0 aromatic heterocycles. The van der Waals surface area contributed by atoms with E-state index in [1.807, 2.05) is 13.8 Å². The molecular formula is C10H16Br2O4. The number of carboxylic acids is 1. The summed E-state index contributed by atoms with van der Waals surface area (Å²) in [5.74, 6) is -1.26. The zero-order valence-electron chi connectivity index (χ0n) is 9.28. The molecule has 16 heavy (non-hydrogen) atoms. The lowest BCUT2D eigenvalue weighted by atomic mass is 10.2. The molecule has 94 valence electrons. The molecule has 0 aliphatic heterocycles. The van der Waals surface area contributed by atoms with Crippen LogP contribution in [0.2, 0.25) is 0 Å². The third kappa shape index (κ3) is 6.48. The second kappa shape index (κ2) is 8.06. The topological polar surface area (TPSA) is 63.6 Å². The number of hydrogen-bond donors (Lipinski definition) is 1. The Kier molecular flexibility index (Phi) is 8.01. The van der Waals surface area contributed by atoms with Gasteiger partial charge in [-0.15, -0.1) is 0 Å². The molecule has 0 spiro atoms. The van der Waals surface area contributed by atoms with Gasteiger partial charge in [-0.2, -0.15) is 0 Å². The molecule has 0 aromatic rings. The predicted molar refractivity (Wildman–Crippen MR) is 68.1 cm³/mol. The van der Waals surface area contributed by atoms with Crippen LogP contribution in [0.4, 0.5) is 0 Å². The molecule has 6 heteroatoms. The van der Waals surface area contributed by atoms with Gasteiger partial charge in [0.25, 0.3) is 0 Å². The zero-order chi connectivity index (χ0) is 12.7. The highest BCUT2D eigenvalue weighted by Crippen LogP contribution is 2.17. The summed E-state index contributed by atoms with van der Waals surface area (Å²) in [6.07, 6.45) is 1.46. The molecule has 0 amide bonds. The summed E-state index contributed by atoms with van der Waals surface area (Å²) in [6.45, 7) is 3.75. The van der Waals surface area contributed by atoms with Gasteiger partial charge in [0.2, 0.25) is 0 Å². The fourth-order valence-corrected chi connectivity index (χ4v) is 1.53. The molecule has 0 rings (SSSR count). The minimum atomic E-state index is -0.921. The standard InChI is InChI=1S/C10H16Br2O4/c1-3-6(2)16-10(15)8(12)5-4-7(11)9(13)14/h6-8H,3-5H2,1-2H3,(H,13,14). The van der Waals surface area contributed by atoms with Crippen molar-refractivity contribution in [1.82, 2.24) is 0 Å². The highest BCUT2D eigenvalue weighted by molar-refractivity contribution is 9.10.